The van der Waals surface area contributed by atoms with Gasteiger partial charge in [0, 0.05) is 0 Å². The van der Waals surface area contributed by atoms with Crippen molar-refractivity contribution >= 4 is 23.2 Å². The van der Waals surface area contributed by atoms with Gasteiger partial charge in [-0.1, -0.05) is 0 Å². The zero-order valence-corrected chi connectivity index (χ0v) is 10.4. The minimum atomic E-state index is -0.0156. The maximum atomic E-state index is 5.62. The average Bonchev–Trinajstić information content (AvgIpc) is 1.53. The number of rotatable bonds is 0. The normalized spacial score (nSPS) is 12.0. The van der Waals surface area contributed by atoms with E-state index in [1.807, 2.05) is 0 Å². The van der Waals surface area contributed by atoms with Crippen LogP contribution in [0.5, 0.6) is 0 Å². The van der Waals surface area contributed by atoms with Crippen molar-refractivity contribution in [1.82, 2.24) is 0 Å². The molecule has 0 aliphatic carbocycles. The highest BCUT2D eigenvalue weighted by atomic mass is 35.5. The van der Waals surface area contributed by atoms with Gasteiger partial charge in [0.2, 0.25) is 0 Å². The van der Waals surface area contributed by atoms with E-state index < -0.39 is 0 Å². The highest BCUT2D eigenvalue weighted by Crippen LogP contribution is 2.17. The zero-order valence-electron chi connectivity index (χ0n) is 8.87. The monoisotopic (exact) mass is 214 g/mol. The molecule has 0 aliphatic rings. The fourth-order valence-corrected chi connectivity index (χ4v) is 0.919. The van der Waals surface area contributed by atoms with E-state index in [9.17, 15) is 0 Å². The SMILES string of the molecule is CC(C)(C)OC(C)(C)C.ClCCl. The summed E-state index contributed by atoms with van der Waals surface area (Å²) in [4.78, 5) is 0. The molecule has 0 saturated carbocycles. The molecule has 0 heterocycles. The van der Waals surface area contributed by atoms with Crippen molar-refractivity contribution in [1.29, 1.82) is 0 Å². The lowest BCUT2D eigenvalue weighted by Gasteiger charge is -2.30. The molecule has 1 nitrogen and oxygen atoms in total. The molecule has 0 spiro atoms. The molecule has 3 heteroatoms. The van der Waals surface area contributed by atoms with Crippen LogP contribution in [0.2, 0.25) is 0 Å². The Labute approximate surface area is 86.4 Å². The van der Waals surface area contributed by atoms with Gasteiger partial charge < -0.3 is 4.74 Å². The Balaban J connectivity index is 0. The molecule has 12 heavy (non-hydrogen) atoms. The van der Waals surface area contributed by atoms with Crippen molar-refractivity contribution in [3.05, 3.63) is 0 Å². The smallest absolute Gasteiger partial charge is 0.0967 e. The summed E-state index contributed by atoms with van der Waals surface area (Å²) < 4.78 is 5.62. The lowest BCUT2D eigenvalue weighted by molar-refractivity contribution is -0.102. The lowest BCUT2D eigenvalue weighted by atomic mass is 10.1. The van der Waals surface area contributed by atoms with Crippen LogP contribution in [0.4, 0.5) is 0 Å². The second kappa shape index (κ2) is 6.06. The first-order chi connectivity index (χ1) is 5.12. The molecule has 0 unspecified atom stereocenters. The van der Waals surface area contributed by atoms with Crippen LogP contribution in [0.15, 0.2) is 0 Å². The Bertz CT molecular complexity index is 88.1. The fourth-order valence-electron chi connectivity index (χ4n) is 0.919. The third kappa shape index (κ3) is 22.4. The van der Waals surface area contributed by atoms with Crippen LogP contribution < -0.4 is 0 Å². The van der Waals surface area contributed by atoms with Gasteiger partial charge >= 0.3 is 0 Å². The summed E-state index contributed by atoms with van der Waals surface area (Å²) in [5, 5.41) is 0.194. The predicted octanol–water partition coefficient (Wildman–Crippen LogP) is 4.02. The van der Waals surface area contributed by atoms with Crippen LogP contribution in [-0.2, 0) is 4.74 Å². The minimum Gasteiger partial charge on any atom is -0.370 e. The van der Waals surface area contributed by atoms with E-state index in [2.05, 4.69) is 41.5 Å². The van der Waals surface area contributed by atoms with Crippen LogP contribution >= 0.6 is 23.2 Å². The highest BCUT2D eigenvalue weighted by molar-refractivity contribution is 6.40. The maximum Gasteiger partial charge on any atom is 0.0967 e. The van der Waals surface area contributed by atoms with Gasteiger partial charge in [0.15, 0.2) is 0 Å². The summed E-state index contributed by atoms with van der Waals surface area (Å²) in [6.07, 6.45) is 0. The first kappa shape index (κ1) is 15.0. The van der Waals surface area contributed by atoms with Crippen molar-refractivity contribution in [3.8, 4) is 0 Å². The van der Waals surface area contributed by atoms with E-state index in [1.165, 1.54) is 0 Å². The van der Waals surface area contributed by atoms with Crippen molar-refractivity contribution < 1.29 is 4.74 Å². The number of hydrogen-bond acceptors (Lipinski definition) is 1. The summed E-state index contributed by atoms with van der Waals surface area (Å²) in [5.41, 5.74) is -0.0312. The largest absolute Gasteiger partial charge is 0.370 e. The molecule has 0 radical (unpaired) electrons. The van der Waals surface area contributed by atoms with Crippen LogP contribution in [0.1, 0.15) is 41.5 Å². The molecule has 0 aromatic rings. The van der Waals surface area contributed by atoms with Gasteiger partial charge in [0.05, 0.1) is 16.5 Å². The maximum absolute atomic E-state index is 5.62. The molecular weight excluding hydrogens is 195 g/mol. The summed E-state index contributed by atoms with van der Waals surface area (Å²) in [7, 11) is 0. The summed E-state index contributed by atoms with van der Waals surface area (Å²) in [5.74, 6) is 0. The standard InChI is InChI=1S/C8H18O.CH2Cl2/c1-7(2,3)9-8(4,5)6;2-1-3/h1-6H3;1H2. The summed E-state index contributed by atoms with van der Waals surface area (Å²) in [6, 6.07) is 0. The van der Waals surface area contributed by atoms with E-state index in [-0.39, 0.29) is 16.5 Å². The third-order valence-corrected chi connectivity index (χ3v) is 0.612. The highest BCUT2D eigenvalue weighted by Gasteiger charge is 2.19. The molecule has 0 aromatic heterocycles. The quantitative estimate of drug-likeness (QED) is 0.554. The van der Waals surface area contributed by atoms with E-state index in [1.54, 1.807) is 0 Å². The molecule has 0 aromatic carbocycles. The molecule has 0 N–H and O–H groups in total. The minimum absolute atomic E-state index is 0.0156. The molecule has 0 atom stereocenters. The Morgan fingerprint density at radius 3 is 1.00 bits per heavy atom. The van der Waals surface area contributed by atoms with Gasteiger partial charge in [-0.2, -0.15) is 0 Å². The van der Waals surface area contributed by atoms with Crippen LogP contribution in [-0.4, -0.2) is 16.5 Å². The lowest BCUT2D eigenvalue weighted by Crippen LogP contribution is -2.31. The van der Waals surface area contributed by atoms with Gasteiger partial charge in [0.25, 0.3) is 0 Å². The van der Waals surface area contributed by atoms with E-state index in [0.717, 1.165) is 0 Å². The number of alkyl halides is 2. The van der Waals surface area contributed by atoms with Crippen molar-refractivity contribution in [2.75, 3.05) is 5.34 Å². The van der Waals surface area contributed by atoms with E-state index >= 15 is 0 Å². The molecule has 0 amide bonds. The van der Waals surface area contributed by atoms with Crippen molar-refractivity contribution in [2.24, 2.45) is 0 Å². The molecule has 76 valence electrons. The van der Waals surface area contributed by atoms with Crippen LogP contribution in [0.3, 0.4) is 0 Å². The molecule has 0 bridgehead atoms. The topological polar surface area (TPSA) is 9.23 Å². The molecule has 0 rings (SSSR count). The average molecular weight is 215 g/mol. The molecule has 0 fully saturated rings. The van der Waals surface area contributed by atoms with Gasteiger partial charge in [-0.25, -0.2) is 0 Å². The van der Waals surface area contributed by atoms with Gasteiger partial charge in [-0.05, 0) is 41.5 Å². The van der Waals surface area contributed by atoms with Crippen LogP contribution in [0, 0.1) is 0 Å². The number of halogens is 2. The van der Waals surface area contributed by atoms with Crippen LogP contribution in [0.25, 0.3) is 0 Å². The van der Waals surface area contributed by atoms with Crippen molar-refractivity contribution in [2.45, 2.75) is 52.7 Å². The Morgan fingerprint density at radius 2 is 1.00 bits per heavy atom. The summed E-state index contributed by atoms with van der Waals surface area (Å²) >= 11 is 9.53. The van der Waals surface area contributed by atoms with Gasteiger partial charge in [0.1, 0.15) is 0 Å². The Morgan fingerprint density at radius 1 is 0.833 bits per heavy atom. The van der Waals surface area contributed by atoms with Crippen molar-refractivity contribution in [3.63, 3.8) is 0 Å². The van der Waals surface area contributed by atoms with Gasteiger partial charge in [-0.15, -0.1) is 23.2 Å². The fraction of sp³-hybridized carbons (Fsp3) is 1.00. The molecule has 0 saturated heterocycles. The Hall–Kier alpha value is 0.540. The first-order valence-electron chi connectivity index (χ1n) is 3.94. The second-order valence-corrected chi connectivity index (χ2v) is 5.24. The summed E-state index contributed by atoms with van der Waals surface area (Å²) in [6.45, 7) is 12.4. The second-order valence-electron chi connectivity index (χ2n) is 4.43. The Kier molecular flexibility index (Phi) is 7.60. The molecular formula is C9H20Cl2O. The molecule has 0 aliphatic heterocycles. The van der Waals surface area contributed by atoms with E-state index in [0.29, 0.717) is 0 Å². The van der Waals surface area contributed by atoms with Gasteiger partial charge in [-0.3, -0.25) is 0 Å². The first-order valence-corrected chi connectivity index (χ1v) is 5.01. The predicted molar refractivity (Wildman–Crippen MR) is 57.2 cm³/mol. The van der Waals surface area contributed by atoms with E-state index in [4.69, 9.17) is 27.9 Å². The number of ether oxygens (including phenoxy) is 1. The zero-order chi connectivity index (χ0) is 10.4. The number of hydrogen-bond donors (Lipinski definition) is 0. The third-order valence-electron chi connectivity index (χ3n) is 0.612.